The third-order valence-corrected chi connectivity index (χ3v) is 4.52. The lowest BCUT2D eigenvalue weighted by molar-refractivity contribution is 0.160. The largest absolute Gasteiger partial charge is 0.408 e. The van der Waals surface area contributed by atoms with E-state index in [9.17, 15) is 4.57 Å². The van der Waals surface area contributed by atoms with Crippen LogP contribution in [0.3, 0.4) is 0 Å². The average molecular weight is 282 g/mol. The van der Waals surface area contributed by atoms with Crippen LogP contribution in [0.5, 0.6) is 0 Å². The van der Waals surface area contributed by atoms with Crippen LogP contribution in [0.2, 0.25) is 0 Å². The average Bonchev–Trinajstić information content (AvgIpc) is 2.77. The first kappa shape index (κ1) is 15.2. The zero-order valence-electron chi connectivity index (χ0n) is 10.5. The van der Waals surface area contributed by atoms with Crippen molar-refractivity contribution in [1.82, 2.24) is 4.67 Å². The van der Waals surface area contributed by atoms with E-state index in [2.05, 4.69) is 6.58 Å². The summed E-state index contributed by atoms with van der Waals surface area (Å²) < 4.78 is 25.2. The van der Waals surface area contributed by atoms with Gasteiger partial charge < -0.3 is 0 Å². The maximum Gasteiger partial charge on any atom is 0.408 e. The van der Waals surface area contributed by atoms with Crippen LogP contribution < -0.4 is 0 Å². The van der Waals surface area contributed by atoms with Crippen LogP contribution in [-0.2, 0) is 13.6 Å². The summed E-state index contributed by atoms with van der Waals surface area (Å²) in [6.45, 7) is 9.53. The van der Waals surface area contributed by atoms with Gasteiger partial charge in [-0.05, 0) is 18.8 Å². The minimum atomic E-state index is -3.19. The van der Waals surface area contributed by atoms with Crippen molar-refractivity contribution < 1.29 is 13.6 Å². The standard InChI is InChI=1S/C11H21ClNO3P/c1-10(2)8-15-17(14,16-9-11(3)12)13-6-4-5-7-13/h10H,3-9H2,1-2H3. The van der Waals surface area contributed by atoms with Gasteiger partial charge in [-0.15, -0.1) is 0 Å². The summed E-state index contributed by atoms with van der Waals surface area (Å²) >= 11 is 5.64. The molecule has 0 amide bonds. The van der Waals surface area contributed by atoms with Crippen molar-refractivity contribution >= 4 is 19.3 Å². The second-order valence-electron chi connectivity index (χ2n) is 4.61. The third kappa shape index (κ3) is 5.11. The second-order valence-corrected chi connectivity index (χ2v) is 7.16. The smallest absolute Gasteiger partial charge is 0.296 e. The SMILES string of the molecule is C=C(Cl)COP(=O)(OCC(C)C)N1CCCC1. The quantitative estimate of drug-likeness (QED) is 0.668. The van der Waals surface area contributed by atoms with E-state index in [0.717, 1.165) is 25.9 Å². The van der Waals surface area contributed by atoms with Gasteiger partial charge in [0.1, 0.15) is 0 Å². The van der Waals surface area contributed by atoms with Gasteiger partial charge in [0, 0.05) is 18.1 Å². The first-order chi connectivity index (χ1) is 7.94. The van der Waals surface area contributed by atoms with Crippen LogP contribution >= 0.6 is 19.3 Å². The molecule has 1 heterocycles. The molecule has 100 valence electrons. The molecule has 0 spiro atoms. The van der Waals surface area contributed by atoms with Gasteiger partial charge in [-0.3, -0.25) is 9.05 Å². The van der Waals surface area contributed by atoms with E-state index in [1.165, 1.54) is 0 Å². The first-order valence-electron chi connectivity index (χ1n) is 5.92. The normalized spacial score (nSPS) is 20.7. The monoisotopic (exact) mass is 281 g/mol. The summed E-state index contributed by atoms with van der Waals surface area (Å²) in [4.78, 5) is 0. The lowest BCUT2D eigenvalue weighted by Crippen LogP contribution is -2.21. The molecule has 6 heteroatoms. The van der Waals surface area contributed by atoms with E-state index >= 15 is 0 Å². The molecular weight excluding hydrogens is 261 g/mol. The van der Waals surface area contributed by atoms with Crippen LogP contribution in [0.25, 0.3) is 0 Å². The van der Waals surface area contributed by atoms with E-state index in [1.807, 2.05) is 13.8 Å². The fourth-order valence-electron chi connectivity index (χ4n) is 1.54. The Bertz CT molecular complexity index is 303. The van der Waals surface area contributed by atoms with Crippen LogP contribution in [0, 0.1) is 5.92 Å². The molecule has 0 saturated carbocycles. The van der Waals surface area contributed by atoms with E-state index in [-0.39, 0.29) is 6.61 Å². The highest BCUT2D eigenvalue weighted by Gasteiger charge is 2.35. The third-order valence-electron chi connectivity index (χ3n) is 2.38. The molecule has 1 rings (SSSR count). The molecule has 1 aliphatic rings. The van der Waals surface area contributed by atoms with Gasteiger partial charge in [0.05, 0.1) is 13.2 Å². The summed E-state index contributed by atoms with van der Waals surface area (Å²) in [7, 11) is -3.19. The lowest BCUT2D eigenvalue weighted by atomic mass is 10.2. The van der Waals surface area contributed by atoms with Gasteiger partial charge in [-0.25, -0.2) is 9.24 Å². The maximum absolute atomic E-state index is 12.6. The van der Waals surface area contributed by atoms with E-state index in [1.54, 1.807) is 4.67 Å². The van der Waals surface area contributed by atoms with Gasteiger partial charge in [0.25, 0.3) is 0 Å². The summed E-state index contributed by atoms with van der Waals surface area (Å²) in [5.41, 5.74) is 0. The lowest BCUT2D eigenvalue weighted by Gasteiger charge is -2.26. The number of hydrogen-bond donors (Lipinski definition) is 0. The molecule has 0 N–H and O–H groups in total. The van der Waals surface area contributed by atoms with Crippen LogP contribution in [0.4, 0.5) is 0 Å². The molecule has 0 bridgehead atoms. The number of halogens is 1. The first-order valence-corrected chi connectivity index (χ1v) is 7.79. The van der Waals surface area contributed by atoms with Crippen LogP contribution in [0.1, 0.15) is 26.7 Å². The van der Waals surface area contributed by atoms with Gasteiger partial charge in [-0.2, -0.15) is 0 Å². The van der Waals surface area contributed by atoms with Crippen LogP contribution in [-0.4, -0.2) is 31.0 Å². The maximum atomic E-state index is 12.6. The van der Waals surface area contributed by atoms with E-state index in [4.69, 9.17) is 20.6 Å². The van der Waals surface area contributed by atoms with Crippen molar-refractivity contribution in [2.45, 2.75) is 26.7 Å². The van der Waals surface area contributed by atoms with E-state index in [0.29, 0.717) is 17.6 Å². The number of nitrogens with zero attached hydrogens (tertiary/aromatic N) is 1. The summed E-state index contributed by atoms with van der Waals surface area (Å²) in [6.07, 6.45) is 2.06. The molecule has 1 unspecified atom stereocenters. The fraction of sp³-hybridized carbons (Fsp3) is 0.818. The minimum Gasteiger partial charge on any atom is -0.296 e. The zero-order chi connectivity index (χ0) is 12.9. The van der Waals surface area contributed by atoms with Crippen molar-refractivity contribution in [1.29, 1.82) is 0 Å². The number of rotatable bonds is 7. The molecule has 0 aromatic heterocycles. The topological polar surface area (TPSA) is 38.8 Å². The summed E-state index contributed by atoms with van der Waals surface area (Å²) in [5.74, 6) is 0.314. The van der Waals surface area contributed by atoms with E-state index < -0.39 is 7.75 Å². The molecule has 0 aliphatic carbocycles. The Labute approximate surface area is 109 Å². The Kier molecular flexibility index (Phi) is 6.18. The molecule has 1 saturated heterocycles. The molecule has 1 atom stereocenters. The van der Waals surface area contributed by atoms with Gasteiger partial charge in [-0.1, -0.05) is 32.0 Å². The van der Waals surface area contributed by atoms with Gasteiger partial charge in [0.2, 0.25) is 0 Å². The molecule has 0 aromatic carbocycles. The highest BCUT2D eigenvalue weighted by molar-refractivity contribution is 7.51. The second kappa shape index (κ2) is 6.91. The number of hydrogen-bond acceptors (Lipinski definition) is 3. The summed E-state index contributed by atoms with van der Waals surface area (Å²) in [5, 5.41) is 0.331. The fourth-order valence-corrected chi connectivity index (χ4v) is 3.65. The Hall–Kier alpha value is 0.140. The molecular formula is C11H21ClNO3P. The Balaban J connectivity index is 2.61. The molecule has 17 heavy (non-hydrogen) atoms. The molecule has 4 nitrogen and oxygen atoms in total. The summed E-state index contributed by atoms with van der Waals surface area (Å²) in [6, 6.07) is 0. The Morgan fingerprint density at radius 3 is 2.47 bits per heavy atom. The van der Waals surface area contributed by atoms with Gasteiger partial charge in [0.15, 0.2) is 0 Å². The van der Waals surface area contributed by atoms with Gasteiger partial charge >= 0.3 is 7.75 Å². The highest BCUT2D eigenvalue weighted by atomic mass is 35.5. The van der Waals surface area contributed by atoms with Crippen molar-refractivity contribution in [2.75, 3.05) is 26.3 Å². The molecule has 0 aromatic rings. The van der Waals surface area contributed by atoms with Crippen molar-refractivity contribution in [3.8, 4) is 0 Å². The predicted molar refractivity (Wildman–Crippen MR) is 70.1 cm³/mol. The predicted octanol–water partition coefficient (Wildman–Crippen LogP) is 3.63. The minimum absolute atomic E-state index is 0.0629. The van der Waals surface area contributed by atoms with Crippen molar-refractivity contribution in [3.05, 3.63) is 11.6 Å². The molecule has 1 fully saturated rings. The Morgan fingerprint density at radius 1 is 1.41 bits per heavy atom. The highest BCUT2D eigenvalue weighted by Crippen LogP contribution is 2.54. The molecule has 0 radical (unpaired) electrons. The zero-order valence-corrected chi connectivity index (χ0v) is 12.2. The van der Waals surface area contributed by atoms with Crippen molar-refractivity contribution in [2.24, 2.45) is 5.92 Å². The van der Waals surface area contributed by atoms with Crippen LogP contribution in [0.15, 0.2) is 11.6 Å². The Morgan fingerprint density at radius 2 is 2.00 bits per heavy atom. The molecule has 1 aliphatic heterocycles. The van der Waals surface area contributed by atoms with Crippen molar-refractivity contribution in [3.63, 3.8) is 0 Å².